The van der Waals surface area contributed by atoms with Gasteiger partial charge in [0.2, 0.25) is 11.8 Å². The first-order chi connectivity index (χ1) is 8.50. The number of likely N-dealkylation sites (tertiary alicyclic amines) is 1. The van der Waals surface area contributed by atoms with Crippen molar-refractivity contribution < 1.29 is 19.5 Å². The molecule has 0 aromatic carbocycles. The molecule has 5 heteroatoms. The van der Waals surface area contributed by atoms with Gasteiger partial charge in [-0.1, -0.05) is 13.3 Å². The van der Waals surface area contributed by atoms with E-state index in [4.69, 9.17) is 5.11 Å². The van der Waals surface area contributed by atoms with Gasteiger partial charge in [-0.05, 0) is 25.2 Å². The van der Waals surface area contributed by atoms with Gasteiger partial charge in [0.1, 0.15) is 0 Å². The van der Waals surface area contributed by atoms with Crippen LogP contribution in [0.15, 0.2) is 0 Å². The Balaban J connectivity index is 1.91. The Labute approximate surface area is 106 Å². The molecule has 1 saturated heterocycles. The van der Waals surface area contributed by atoms with Gasteiger partial charge >= 0.3 is 5.97 Å². The molecule has 2 rings (SSSR count). The number of carboxylic acid groups (broad SMARTS) is 1. The molecule has 1 aliphatic carbocycles. The van der Waals surface area contributed by atoms with E-state index >= 15 is 0 Å². The Bertz CT molecular complexity index is 357. The lowest BCUT2D eigenvalue weighted by Crippen LogP contribution is -2.35. The van der Waals surface area contributed by atoms with Gasteiger partial charge in [-0.25, -0.2) is 0 Å². The molecule has 2 aliphatic rings. The smallest absolute Gasteiger partial charge is 0.303 e. The van der Waals surface area contributed by atoms with Crippen LogP contribution in [0.5, 0.6) is 0 Å². The molecule has 0 bridgehead atoms. The second kappa shape index (κ2) is 5.08. The predicted molar refractivity (Wildman–Crippen MR) is 63.6 cm³/mol. The van der Waals surface area contributed by atoms with Crippen LogP contribution in [-0.2, 0) is 14.4 Å². The Hall–Kier alpha value is -1.39. The minimum atomic E-state index is -0.835. The van der Waals surface area contributed by atoms with E-state index in [1.54, 1.807) is 0 Å². The SMILES string of the molecule is CC(CCC(=O)O)CN1C(=O)C2CCCC2C1=O. The van der Waals surface area contributed by atoms with Crippen LogP contribution in [0.2, 0.25) is 0 Å². The summed E-state index contributed by atoms with van der Waals surface area (Å²) in [5.41, 5.74) is 0. The number of fused-ring (bicyclic) bond motifs is 1. The highest BCUT2D eigenvalue weighted by atomic mass is 16.4. The summed E-state index contributed by atoms with van der Waals surface area (Å²) in [6.45, 7) is 2.26. The number of carboxylic acids is 1. The monoisotopic (exact) mass is 253 g/mol. The Kier molecular flexibility index (Phi) is 3.68. The Morgan fingerprint density at radius 1 is 1.33 bits per heavy atom. The second-order valence-corrected chi connectivity index (χ2v) is 5.47. The van der Waals surface area contributed by atoms with Gasteiger partial charge in [-0.15, -0.1) is 0 Å². The molecule has 1 saturated carbocycles. The molecule has 18 heavy (non-hydrogen) atoms. The maximum atomic E-state index is 12.1. The molecule has 1 N–H and O–H groups in total. The van der Waals surface area contributed by atoms with Crippen LogP contribution >= 0.6 is 0 Å². The van der Waals surface area contributed by atoms with Crippen LogP contribution in [0.25, 0.3) is 0 Å². The van der Waals surface area contributed by atoms with Gasteiger partial charge in [-0.2, -0.15) is 0 Å². The largest absolute Gasteiger partial charge is 0.481 e. The third kappa shape index (κ3) is 2.40. The van der Waals surface area contributed by atoms with Crippen molar-refractivity contribution >= 4 is 17.8 Å². The van der Waals surface area contributed by atoms with Crippen molar-refractivity contribution in [2.75, 3.05) is 6.54 Å². The summed E-state index contributed by atoms with van der Waals surface area (Å²) < 4.78 is 0. The second-order valence-electron chi connectivity index (χ2n) is 5.47. The summed E-state index contributed by atoms with van der Waals surface area (Å²) in [6, 6.07) is 0. The molecule has 0 aromatic heterocycles. The van der Waals surface area contributed by atoms with E-state index < -0.39 is 5.97 Å². The molecule has 2 fully saturated rings. The fraction of sp³-hybridized carbons (Fsp3) is 0.769. The highest BCUT2D eigenvalue weighted by Crippen LogP contribution is 2.39. The molecule has 5 nitrogen and oxygen atoms in total. The van der Waals surface area contributed by atoms with Crippen LogP contribution in [-0.4, -0.2) is 34.3 Å². The van der Waals surface area contributed by atoms with E-state index in [1.165, 1.54) is 4.90 Å². The Morgan fingerprint density at radius 3 is 2.39 bits per heavy atom. The first kappa shape index (κ1) is 13.1. The predicted octanol–water partition coefficient (Wildman–Crippen LogP) is 1.27. The van der Waals surface area contributed by atoms with Gasteiger partial charge in [0.25, 0.3) is 0 Å². The number of aliphatic carboxylic acids is 1. The van der Waals surface area contributed by atoms with E-state index in [-0.39, 0.29) is 36.0 Å². The summed E-state index contributed by atoms with van der Waals surface area (Å²) in [6.07, 6.45) is 3.21. The van der Waals surface area contributed by atoms with Gasteiger partial charge in [0.05, 0.1) is 11.8 Å². The molecule has 0 aromatic rings. The first-order valence-electron chi connectivity index (χ1n) is 6.57. The van der Waals surface area contributed by atoms with Crippen LogP contribution < -0.4 is 0 Å². The van der Waals surface area contributed by atoms with E-state index in [2.05, 4.69) is 0 Å². The number of amides is 2. The molecule has 3 unspecified atom stereocenters. The maximum absolute atomic E-state index is 12.1. The minimum absolute atomic E-state index is 0.0373. The van der Waals surface area contributed by atoms with Crippen molar-refractivity contribution in [2.24, 2.45) is 17.8 Å². The van der Waals surface area contributed by atoms with E-state index in [1.807, 2.05) is 6.92 Å². The minimum Gasteiger partial charge on any atom is -0.481 e. The third-order valence-electron chi connectivity index (χ3n) is 4.03. The number of carbonyl (C=O) groups is 3. The fourth-order valence-electron chi connectivity index (χ4n) is 3.01. The lowest BCUT2D eigenvalue weighted by molar-refractivity contribution is -0.141. The molecule has 0 spiro atoms. The highest BCUT2D eigenvalue weighted by molar-refractivity contribution is 6.05. The highest BCUT2D eigenvalue weighted by Gasteiger charge is 2.49. The summed E-state index contributed by atoms with van der Waals surface area (Å²) in [5, 5.41) is 8.61. The standard InChI is InChI=1S/C13H19NO4/c1-8(5-6-11(15)16)7-14-12(17)9-3-2-4-10(9)13(14)18/h8-10H,2-7H2,1H3,(H,15,16). The fourth-order valence-corrected chi connectivity index (χ4v) is 3.01. The third-order valence-corrected chi connectivity index (χ3v) is 4.03. The lowest BCUT2D eigenvalue weighted by atomic mass is 10.00. The summed E-state index contributed by atoms with van der Waals surface area (Å²) in [7, 11) is 0. The van der Waals surface area contributed by atoms with Crippen LogP contribution in [0, 0.1) is 17.8 Å². The zero-order valence-corrected chi connectivity index (χ0v) is 10.6. The van der Waals surface area contributed by atoms with Crippen molar-refractivity contribution in [1.82, 2.24) is 4.90 Å². The molecule has 1 aliphatic heterocycles. The normalized spacial score (nSPS) is 28.6. The number of rotatable bonds is 5. The molecular formula is C13H19NO4. The van der Waals surface area contributed by atoms with Crippen molar-refractivity contribution in [2.45, 2.75) is 39.0 Å². The van der Waals surface area contributed by atoms with E-state index in [9.17, 15) is 14.4 Å². The summed E-state index contributed by atoms with van der Waals surface area (Å²) >= 11 is 0. The number of hydrogen-bond acceptors (Lipinski definition) is 3. The quantitative estimate of drug-likeness (QED) is 0.749. The summed E-state index contributed by atoms with van der Waals surface area (Å²) in [5.74, 6) is -1.05. The van der Waals surface area contributed by atoms with E-state index in [0.29, 0.717) is 13.0 Å². The maximum Gasteiger partial charge on any atom is 0.303 e. The van der Waals surface area contributed by atoms with Gasteiger partial charge in [-0.3, -0.25) is 19.3 Å². The van der Waals surface area contributed by atoms with Crippen molar-refractivity contribution in [3.63, 3.8) is 0 Å². The number of carbonyl (C=O) groups excluding carboxylic acids is 2. The zero-order chi connectivity index (χ0) is 13.3. The molecule has 100 valence electrons. The number of nitrogens with zero attached hydrogens (tertiary/aromatic N) is 1. The van der Waals surface area contributed by atoms with Crippen molar-refractivity contribution in [1.29, 1.82) is 0 Å². The van der Waals surface area contributed by atoms with Crippen molar-refractivity contribution in [3.8, 4) is 0 Å². The zero-order valence-electron chi connectivity index (χ0n) is 10.6. The number of hydrogen-bond donors (Lipinski definition) is 1. The number of imide groups is 1. The van der Waals surface area contributed by atoms with E-state index in [0.717, 1.165) is 19.3 Å². The van der Waals surface area contributed by atoms with Gasteiger partial charge in [0, 0.05) is 13.0 Å². The van der Waals surface area contributed by atoms with Crippen molar-refractivity contribution in [3.05, 3.63) is 0 Å². The molecule has 0 radical (unpaired) electrons. The van der Waals surface area contributed by atoms with Crippen LogP contribution in [0.4, 0.5) is 0 Å². The average Bonchev–Trinajstić information content (AvgIpc) is 2.87. The van der Waals surface area contributed by atoms with Crippen LogP contribution in [0.1, 0.15) is 39.0 Å². The lowest BCUT2D eigenvalue weighted by Gasteiger charge is -2.20. The molecule has 1 heterocycles. The van der Waals surface area contributed by atoms with Crippen LogP contribution in [0.3, 0.4) is 0 Å². The molecular weight excluding hydrogens is 234 g/mol. The topological polar surface area (TPSA) is 74.7 Å². The van der Waals surface area contributed by atoms with Gasteiger partial charge in [0.15, 0.2) is 0 Å². The average molecular weight is 253 g/mol. The van der Waals surface area contributed by atoms with Gasteiger partial charge < -0.3 is 5.11 Å². The first-order valence-corrected chi connectivity index (χ1v) is 6.57. The molecule has 2 amide bonds. The molecule has 3 atom stereocenters. The summed E-state index contributed by atoms with van der Waals surface area (Å²) in [4.78, 5) is 36.0. The Morgan fingerprint density at radius 2 is 1.89 bits per heavy atom.